The summed E-state index contributed by atoms with van der Waals surface area (Å²) in [6.45, 7) is 0. The Balaban J connectivity index is 2.19. The summed E-state index contributed by atoms with van der Waals surface area (Å²) in [6.07, 6.45) is 2.79. The summed E-state index contributed by atoms with van der Waals surface area (Å²) in [7, 11) is 0. The predicted molar refractivity (Wildman–Crippen MR) is 48.0 cm³/mol. The van der Waals surface area contributed by atoms with Crippen molar-refractivity contribution in [2.75, 3.05) is 0 Å². The van der Waals surface area contributed by atoms with Crippen LogP contribution in [0.4, 0.5) is 0 Å². The molecule has 2 rings (SSSR count). The molecular formula is C9H6ClNO2. The lowest BCUT2D eigenvalue weighted by Crippen LogP contribution is -1.80. The van der Waals surface area contributed by atoms with Crippen LogP contribution in [0.3, 0.4) is 0 Å². The molecule has 66 valence electrons. The molecule has 1 heterocycles. The number of ether oxygens (including phenoxy) is 1. The number of nitrogens with zero attached hydrogens (tertiary/aromatic N) is 1. The van der Waals surface area contributed by atoms with Crippen molar-refractivity contribution >= 4 is 11.6 Å². The van der Waals surface area contributed by atoms with E-state index in [9.17, 15) is 0 Å². The first-order valence-electron chi connectivity index (χ1n) is 3.66. The van der Waals surface area contributed by atoms with Gasteiger partial charge in [0.1, 0.15) is 11.9 Å². The van der Waals surface area contributed by atoms with Gasteiger partial charge in [-0.1, -0.05) is 17.7 Å². The van der Waals surface area contributed by atoms with Crippen molar-refractivity contribution in [2.24, 2.45) is 0 Å². The second-order valence-corrected chi connectivity index (χ2v) is 2.82. The van der Waals surface area contributed by atoms with Crippen LogP contribution in [0.1, 0.15) is 0 Å². The van der Waals surface area contributed by atoms with Crippen LogP contribution in [-0.2, 0) is 0 Å². The summed E-state index contributed by atoms with van der Waals surface area (Å²) in [5.41, 5.74) is 0. The van der Waals surface area contributed by atoms with Gasteiger partial charge in [-0.15, -0.1) is 0 Å². The second kappa shape index (κ2) is 3.49. The fourth-order valence-corrected chi connectivity index (χ4v) is 1.08. The monoisotopic (exact) mass is 195 g/mol. The maximum absolute atomic E-state index is 5.76. The Hall–Kier alpha value is -1.48. The molecule has 0 aliphatic rings. The third-order valence-electron chi connectivity index (χ3n) is 1.42. The van der Waals surface area contributed by atoms with E-state index >= 15 is 0 Å². The van der Waals surface area contributed by atoms with Crippen LogP contribution in [0.2, 0.25) is 5.02 Å². The quantitative estimate of drug-likeness (QED) is 0.739. The van der Waals surface area contributed by atoms with E-state index in [0.717, 1.165) is 0 Å². The standard InChI is InChI=1S/C9H6ClNO2/c10-7-2-1-3-8(4-7)13-9-5-11-6-12-9/h1-6H. The fourth-order valence-electron chi connectivity index (χ4n) is 0.901. The molecule has 4 heteroatoms. The highest BCUT2D eigenvalue weighted by Crippen LogP contribution is 2.23. The van der Waals surface area contributed by atoms with Crippen molar-refractivity contribution in [3.63, 3.8) is 0 Å². The lowest BCUT2D eigenvalue weighted by atomic mass is 10.3. The van der Waals surface area contributed by atoms with Gasteiger partial charge in [0.25, 0.3) is 0 Å². The van der Waals surface area contributed by atoms with Crippen LogP contribution in [-0.4, -0.2) is 4.98 Å². The molecule has 1 aromatic heterocycles. The average molecular weight is 196 g/mol. The summed E-state index contributed by atoms with van der Waals surface area (Å²) in [5.74, 6) is 0.978. The lowest BCUT2D eigenvalue weighted by molar-refractivity contribution is 0.346. The summed E-state index contributed by atoms with van der Waals surface area (Å²) in [4.78, 5) is 3.72. The van der Waals surface area contributed by atoms with Crippen molar-refractivity contribution in [3.05, 3.63) is 41.9 Å². The maximum atomic E-state index is 5.76. The van der Waals surface area contributed by atoms with Gasteiger partial charge in [-0.3, -0.25) is 0 Å². The summed E-state index contributed by atoms with van der Waals surface area (Å²) in [6, 6.07) is 7.06. The molecular weight excluding hydrogens is 190 g/mol. The minimum Gasteiger partial charge on any atom is -0.425 e. The Morgan fingerprint density at radius 2 is 2.31 bits per heavy atom. The van der Waals surface area contributed by atoms with Crippen molar-refractivity contribution in [1.29, 1.82) is 0 Å². The van der Waals surface area contributed by atoms with Crippen LogP contribution in [0.5, 0.6) is 11.7 Å². The zero-order valence-electron chi connectivity index (χ0n) is 6.61. The summed E-state index contributed by atoms with van der Waals surface area (Å²) in [5, 5.41) is 0.622. The zero-order valence-corrected chi connectivity index (χ0v) is 7.36. The summed E-state index contributed by atoms with van der Waals surface area (Å²) >= 11 is 5.76. The van der Waals surface area contributed by atoms with E-state index in [0.29, 0.717) is 16.7 Å². The van der Waals surface area contributed by atoms with E-state index in [4.69, 9.17) is 20.8 Å². The third-order valence-corrected chi connectivity index (χ3v) is 1.66. The molecule has 3 nitrogen and oxygen atoms in total. The molecule has 0 N–H and O–H groups in total. The van der Waals surface area contributed by atoms with Crippen molar-refractivity contribution in [2.45, 2.75) is 0 Å². The van der Waals surface area contributed by atoms with Crippen LogP contribution in [0.15, 0.2) is 41.3 Å². The second-order valence-electron chi connectivity index (χ2n) is 2.38. The maximum Gasteiger partial charge on any atom is 0.310 e. The molecule has 0 atom stereocenters. The van der Waals surface area contributed by atoms with E-state index < -0.39 is 0 Å². The topological polar surface area (TPSA) is 35.3 Å². The van der Waals surface area contributed by atoms with Crippen LogP contribution in [0.25, 0.3) is 0 Å². The normalized spacial score (nSPS) is 9.92. The van der Waals surface area contributed by atoms with Gasteiger partial charge in [0.2, 0.25) is 0 Å². The molecule has 0 spiro atoms. The van der Waals surface area contributed by atoms with Gasteiger partial charge < -0.3 is 9.15 Å². The lowest BCUT2D eigenvalue weighted by Gasteiger charge is -2.00. The molecule has 0 bridgehead atoms. The molecule has 0 fully saturated rings. The minimum atomic E-state index is 0.349. The number of benzene rings is 1. The Labute approximate surface area is 79.9 Å². The van der Waals surface area contributed by atoms with E-state index in [1.165, 1.54) is 12.6 Å². The first-order valence-corrected chi connectivity index (χ1v) is 4.04. The molecule has 0 aliphatic carbocycles. The molecule has 0 saturated carbocycles. The largest absolute Gasteiger partial charge is 0.425 e. The first kappa shape index (κ1) is 8.13. The van der Waals surface area contributed by atoms with Crippen molar-refractivity contribution in [1.82, 2.24) is 4.98 Å². The molecule has 1 aromatic carbocycles. The Morgan fingerprint density at radius 3 is 3.00 bits per heavy atom. The van der Waals surface area contributed by atoms with Crippen LogP contribution < -0.4 is 4.74 Å². The smallest absolute Gasteiger partial charge is 0.310 e. The summed E-state index contributed by atoms with van der Waals surface area (Å²) < 4.78 is 10.2. The van der Waals surface area contributed by atoms with Gasteiger partial charge in [-0.2, -0.15) is 0 Å². The number of aromatic nitrogens is 1. The van der Waals surface area contributed by atoms with Crippen molar-refractivity contribution < 1.29 is 9.15 Å². The van der Waals surface area contributed by atoms with Gasteiger partial charge in [-0.25, -0.2) is 4.98 Å². The number of rotatable bonds is 2. The SMILES string of the molecule is Clc1cccc(Oc2cnco2)c1. The Bertz CT molecular complexity index is 386. The van der Waals surface area contributed by atoms with Gasteiger partial charge >= 0.3 is 5.95 Å². The van der Waals surface area contributed by atoms with E-state index in [1.54, 1.807) is 24.3 Å². The number of halogens is 1. The van der Waals surface area contributed by atoms with E-state index in [2.05, 4.69) is 4.98 Å². The molecule has 0 amide bonds. The number of oxazole rings is 1. The van der Waals surface area contributed by atoms with Crippen molar-refractivity contribution in [3.8, 4) is 11.7 Å². The first-order chi connectivity index (χ1) is 6.34. The molecule has 13 heavy (non-hydrogen) atoms. The molecule has 0 saturated heterocycles. The molecule has 2 aromatic rings. The van der Waals surface area contributed by atoms with E-state index in [1.807, 2.05) is 0 Å². The zero-order chi connectivity index (χ0) is 9.10. The minimum absolute atomic E-state index is 0.349. The molecule has 0 radical (unpaired) electrons. The Morgan fingerprint density at radius 1 is 1.38 bits per heavy atom. The Kier molecular flexibility index (Phi) is 2.19. The highest BCUT2D eigenvalue weighted by Gasteiger charge is 1.99. The van der Waals surface area contributed by atoms with Gasteiger partial charge in [0.15, 0.2) is 6.39 Å². The van der Waals surface area contributed by atoms with E-state index in [-0.39, 0.29) is 0 Å². The number of hydrogen-bond donors (Lipinski definition) is 0. The van der Waals surface area contributed by atoms with Crippen LogP contribution >= 0.6 is 11.6 Å². The number of hydrogen-bond acceptors (Lipinski definition) is 3. The predicted octanol–water partition coefficient (Wildman–Crippen LogP) is 3.12. The van der Waals surface area contributed by atoms with Crippen LogP contribution in [0, 0.1) is 0 Å². The molecule has 0 unspecified atom stereocenters. The van der Waals surface area contributed by atoms with Gasteiger partial charge in [0, 0.05) is 5.02 Å². The highest BCUT2D eigenvalue weighted by atomic mass is 35.5. The fraction of sp³-hybridized carbons (Fsp3) is 0. The molecule has 0 aliphatic heterocycles. The third kappa shape index (κ3) is 2.00. The van der Waals surface area contributed by atoms with Gasteiger partial charge in [-0.05, 0) is 18.2 Å². The average Bonchev–Trinajstić information content (AvgIpc) is 2.57. The van der Waals surface area contributed by atoms with Gasteiger partial charge in [0.05, 0.1) is 0 Å². The highest BCUT2D eigenvalue weighted by molar-refractivity contribution is 6.30.